The predicted octanol–water partition coefficient (Wildman–Crippen LogP) is 1.68. The summed E-state index contributed by atoms with van der Waals surface area (Å²) in [6.07, 6.45) is 0.913. The van der Waals surface area contributed by atoms with Crippen LogP contribution in [0.25, 0.3) is 0 Å². The summed E-state index contributed by atoms with van der Waals surface area (Å²) in [7, 11) is 3.44. The van der Waals surface area contributed by atoms with Crippen LogP contribution in [0, 0.1) is 0 Å². The van der Waals surface area contributed by atoms with E-state index in [-0.39, 0.29) is 5.91 Å². The molecule has 1 aromatic rings. The average molecular weight is 278 g/mol. The summed E-state index contributed by atoms with van der Waals surface area (Å²) in [5, 5.41) is 9.18. The second kappa shape index (κ2) is 7.65. The van der Waals surface area contributed by atoms with Crippen molar-refractivity contribution in [1.82, 2.24) is 9.80 Å². The number of hydrogen-bond acceptors (Lipinski definition) is 3. The van der Waals surface area contributed by atoms with Gasteiger partial charge in [-0.1, -0.05) is 25.1 Å². The van der Waals surface area contributed by atoms with Gasteiger partial charge in [0.25, 0.3) is 0 Å². The molecule has 0 aliphatic rings. The highest BCUT2D eigenvalue weighted by Crippen LogP contribution is 2.12. The lowest BCUT2D eigenvalue weighted by molar-refractivity contribution is -0.130. The molecule has 0 fully saturated rings. The van der Waals surface area contributed by atoms with Crippen molar-refractivity contribution >= 4 is 11.9 Å². The number of rotatable bonds is 7. The summed E-state index contributed by atoms with van der Waals surface area (Å²) >= 11 is 0. The van der Waals surface area contributed by atoms with Gasteiger partial charge < -0.3 is 10.0 Å². The summed E-state index contributed by atoms with van der Waals surface area (Å²) in [6, 6.07) is 6.92. The van der Waals surface area contributed by atoms with E-state index in [1.807, 2.05) is 17.9 Å². The van der Waals surface area contributed by atoms with Crippen LogP contribution in [0.3, 0.4) is 0 Å². The SMILES string of the molecule is CCCN(CC(=O)N(C)C)Cc1ccccc1C(=O)O. The molecule has 20 heavy (non-hydrogen) atoms. The third-order valence-corrected chi connectivity index (χ3v) is 3.04. The van der Waals surface area contributed by atoms with Gasteiger partial charge in [-0.15, -0.1) is 0 Å². The van der Waals surface area contributed by atoms with E-state index >= 15 is 0 Å². The van der Waals surface area contributed by atoms with Gasteiger partial charge in [0, 0.05) is 20.6 Å². The Morgan fingerprint density at radius 1 is 1.20 bits per heavy atom. The van der Waals surface area contributed by atoms with Gasteiger partial charge in [-0.2, -0.15) is 0 Å². The molecule has 0 unspecified atom stereocenters. The lowest BCUT2D eigenvalue weighted by Crippen LogP contribution is -2.37. The fraction of sp³-hybridized carbons (Fsp3) is 0.467. The number of aromatic carboxylic acids is 1. The quantitative estimate of drug-likeness (QED) is 0.824. The van der Waals surface area contributed by atoms with Gasteiger partial charge in [-0.25, -0.2) is 4.79 Å². The van der Waals surface area contributed by atoms with Crippen molar-refractivity contribution in [3.8, 4) is 0 Å². The minimum atomic E-state index is -0.934. The molecule has 0 heterocycles. The van der Waals surface area contributed by atoms with Gasteiger partial charge in [-0.3, -0.25) is 9.69 Å². The van der Waals surface area contributed by atoms with Crippen LogP contribution in [-0.2, 0) is 11.3 Å². The third-order valence-electron chi connectivity index (χ3n) is 3.04. The van der Waals surface area contributed by atoms with E-state index in [1.165, 1.54) is 0 Å². The van der Waals surface area contributed by atoms with Gasteiger partial charge in [0.15, 0.2) is 0 Å². The lowest BCUT2D eigenvalue weighted by Gasteiger charge is -2.23. The first-order chi connectivity index (χ1) is 9.45. The van der Waals surface area contributed by atoms with Crippen LogP contribution in [0.1, 0.15) is 29.3 Å². The molecule has 5 heteroatoms. The van der Waals surface area contributed by atoms with Crippen LogP contribution in [0.5, 0.6) is 0 Å². The molecule has 1 amide bonds. The van der Waals surface area contributed by atoms with Crippen molar-refractivity contribution in [3.05, 3.63) is 35.4 Å². The van der Waals surface area contributed by atoms with Crippen molar-refractivity contribution in [3.63, 3.8) is 0 Å². The van der Waals surface area contributed by atoms with Gasteiger partial charge in [0.05, 0.1) is 12.1 Å². The summed E-state index contributed by atoms with van der Waals surface area (Å²) in [6.45, 7) is 3.56. The molecule has 0 radical (unpaired) electrons. The molecule has 5 nitrogen and oxygen atoms in total. The number of nitrogens with zero attached hydrogens (tertiary/aromatic N) is 2. The maximum Gasteiger partial charge on any atom is 0.336 e. The third kappa shape index (κ3) is 4.66. The Balaban J connectivity index is 2.85. The normalized spacial score (nSPS) is 10.6. The smallest absolute Gasteiger partial charge is 0.336 e. The molecular weight excluding hydrogens is 256 g/mol. The van der Waals surface area contributed by atoms with Crippen molar-refractivity contribution < 1.29 is 14.7 Å². The number of carboxylic acid groups (broad SMARTS) is 1. The zero-order valence-corrected chi connectivity index (χ0v) is 12.3. The van der Waals surface area contributed by atoms with E-state index < -0.39 is 5.97 Å². The molecule has 0 saturated heterocycles. The summed E-state index contributed by atoms with van der Waals surface area (Å²) in [5.41, 5.74) is 1.03. The number of carbonyl (C=O) groups is 2. The summed E-state index contributed by atoms with van der Waals surface area (Å²) in [4.78, 5) is 26.5. The molecule has 0 aliphatic heterocycles. The highest BCUT2D eigenvalue weighted by Gasteiger charge is 2.15. The lowest BCUT2D eigenvalue weighted by atomic mass is 10.1. The first-order valence-corrected chi connectivity index (χ1v) is 6.69. The van der Waals surface area contributed by atoms with E-state index in [9.17, 15) is 14.7 Å². The number of carboxylic acids is 1. The first-order valence-electron chi connectivity index (χ1n) is 6.69. The fourth-order valence-electron chi connectivity index (χ4n) is 1.97. The average Bonchev–Trinajstić information content (AvgIpc) is 2.39. The van der Waals surface area contributed by atoms with E-state index in [1.54, 1.807) is 37.2 Å². The highest BCUT2D eigenvalue weighted by atomic mass is 16.4. The zero-order chi connectivity index (χ0) is 15.1. The highest BCUT2D eigenvalue weighted by molar-refractivity contribution is 5.89. The number of likely N-dealkylation sites (N-methyl/N-ethyl adjacent to an activating group) is 1. The predicted molar refractivity (Wildman–Crippen MR) is 77.7 cm³/mol. The standard InChI is InChI=1S/C15H22N2O3/c1-4-9-17(11-14(18)16(2)3)10-12-7-5-6-8-13(12)15(19)20/h5-8H,4,9-11H2,1-3H3,(H,19,20). The number of benzene rings is 1. The van der Waals surface area contributed by atoms with Gasteiger partial charge in [-0.05, 0) is 24.6 Å². The monoisotopic (exact) mass is 278 g/mol. The Morgan fingerprint density at radius 3 is 2.40 bits per heavy atom. The molecule has 0 saturated carbocycles. The van der Waals surface area contributed by atoms with Crippen molar-refractivity contribution in [2.45, 2.75) is 19.9 Å². The Hall–Kier alpha value is -1.88. The molecule has 1 aromatic carbocycles. The fourth-order valence-corrected chi connectivity index (χ4v) is 1.97. The van der Waals surface area contributed by atoms with Crippen molar-refractivity contribution in [2.24, 2.45) is 0 Å². The van der Waals surface area contributed by atoms with E-state index in [4.69, 9.17) is 0 Å². The Labute approximate surface area is 119 Å². The number of carbonyl (C=O) groups excluding carboxylic acids is 1. The number of hydrogen-bond donors (Lipinski definition) is 1. The molecule has 0 spiro atoms. The van der Waals surface area contributed by atoms with Gasteiger partial charge in [0.2, 0.25) is 5.91 Å². The molecular formula is C15H22N2O3. The topological polar surface area (TPSA) is 60.9 Å². The van der Waals surface area contributed by atoms with E-state index in [0.717, 1.165) is 18.5 Å². The molecule has 0 aliphatic carbocycles. The molecule has 110 valence electrons. The molecule has 0 aromatic heterocycles. The second-order valence-corrected chi connectivity index (χ2v) is 4.96. The minimum Gasteiger partial charge on any atom is -0.478 e. The second-order valence-electron chi connectivity index (χ2n) is 4.96. The van der Waals surface area contributed by atoms with E-state index in [0.29, 0.717) is 18.7 Å². The summed E-state index contributed by atoms with van der Waals surface area (Å²) in [5.74, 6) is -0.915. The Kier molecular flexibility index (Phi) is 6.18. The zero-order valence-electron chi connectivity index (χ0n) is 12.3. The summed E-state index contributed by atoms with van der Waals surface area (Å²) < 4.78 is 0. The van der Waals surface area contributed by atoms with Crippen LogP contribution < -0.4 is 0 Å². The van der Waals surface area contributed by atoms with Crippen LogP contribution in [0.4, 0.5) is 0 Å². The molecule has 1 rings (SSSR count). The Morgan fingerprint density at radius 2 is 1.85 bits per heavy atom. The van der Waals surface area contributed by atoms with Crippen LogP contribution >= 0.6 is 0 Å². The van der Waals surface area contributed by atoms with Crippen molar-refractivity contribution in [1.29, 1.82) is 0 Å². The Bertz CT molecular complexity index is 472. The van der Waals surface area contributed by atoms with Gasteiger partial charge in [0.1, 0.15) is 0 Å². The van der Waals surface area contributed by atoms with Crippen molar-refractivity contribution in [2.75, 3.05) is 27.2 Å². The van der Waals surface area contributed by atoms with Crippen LogP contribution in [-0.4, -0.2) is 54.0 Å². The maximum absolute atomic E-state index is 11.8. The van der Waals surface area contributed by atoms with Gasteiger partial charge >= 0.3 is 5.97 Å². The van der Waals surface area contributed by atoms with E-state index in [2.05, 4.69) is 0 Å². The van der Waals surface area contributed by atoms with Crippen LogP contribution in [0.15, 0.2) is 24.3 Å². The molecule has 1 N–H and O–H groups in total. The maximum atomic E-state index is 11.8. The molecule has 0 atom stereocenters. The molecule has 0 bridgehead atoms. The largest absolute Gasteiger partial charge is 0.478 e. The number of amides is 1. The minimum absolute atomic E-state index is 0.0197. The van der Waals surface area contributed by atoms with Crippen LogP contribution in [0.2, 0.25) is 0 Å². The first kappa shape index (κ1) is 16.2.